The Balaban J connectivity index is 2.30. The molecule has 1 aliphatic heterocycles. The summed E-state index contributed by atoms with van der Waals surface area (Å²) < 4.78 is 0. The fourth-order valence-electron chi connectivity index (χ4n) is 0.740. The first-order chi connectivity index (χ1) is 4.47. The first kappa shape index (κ1) is 4.56. The van der Waals surface area contributed by atoms with Gasteiger partial charge in [-0.3, -0.25) is 0 Å². The van der Waals surface area contributed by atoms with E-state index in [1.54, 1.807) is 6.34 Å². The van der Waals surface area contributed by atoms with E-state index in [2.05, 4.69) is 5.10 Å². The standard InChI is InChI=1S/C7H6N2/c1-2-4-7(5-3-1)9-6-8-9/h1-6H. The monoisotopic (exact) mass is 118 g/mol. The summed E-state index contributed by atoms with van der Waals surface area (Å²) in [6, 6.07) is 10.0. The molecule has 2 rings (SSSR count). The molecule has 44 valence electrons. The van der Waals surface area contributed by atoms with Gasteiger partial charge in [0.15, 0.2) is 0 Å². The molecule has 2 nitrogen and oxygen atoms in total. The number of benzene rings is 1. The molecule has 0 radical (unpaired) electrons. The number of nitrogens with zero attached hydrogens (tertiary/aromatic N) is 2. The van der Waals surface area contributed by atoms with Crippen molar-refractivity contribution in [2.24, 2.45) is 5.10 Å². The van der Waals surface area contributed by atoms with Gasteiger partial charge in [-0.1, -0.05) is 18.2 Å². The van der Waals surface area contributed by atoms with Crippen LogP contribution in [0.4, 0.5) is 5.69 Å². The molecular weight excluding hydrogens is 112 g/mol. The van der Waals surface area contributed by atoms with Gasteiger partial charge < -0.3 is 0 Å². The van der Waals surface area contributed by atoms with Gasteiger partial charge in [-0.25, -0.2) is 5.01 Å². The molecule has 0 amide bonds. The maximum absolute atomic E-state index is 3.88. The van der Waals surface area contributed by atoms with E-state index in [0.717, 1.165) is 5.69 Å². The van der Waals surface area contributed by atoms with Crippen molar-refractivity contribution in [2.75, 3.05) is 5.01 Å². The van der Waals surface area contributed by atoms with E-state index >= 15 is 0 Å². The SMILES string of the molecule is C1=NN1c1ccccc1. The van der Waals surface area contributed by atoms with E-state index in [1.165, 1.54) is 0 Å². The quantitative estimate of drug-likeness (QED) is 0.544. The van der Waals surface area contributed by atoms with E-state index in [-0.39, 0.29) is 0 Å². The lowest BCUT2D eigenvalue weighted by Gasteiger charge is -1.95. The average molecular weight is 118 g/mol. The maximum atomic E-state index is 3.88. The Hall–Kier alpha value is -1.31. The van der Waals surface area contributed by atoms with Gasteiger partial charge in [-0.15, -0.1) is 0 Å². The molecule has 0 unspecified atom stereocenters. The molecule has 1 heterocycles. The molecule has 1 aromatic rings. The van der Waals surface area contributed by atoms with Crippen molar-refractivity contribution < 1.29 is 0 Å². The lowest BCUT2D eigenvalue weighted by molar-refractivity contribution is 1.33. The average Bonchev–Trinajstić information content (AvgIpc) is 2.71. The van der Waals surface area contributed by atoms with Gasteiger partial charge in [0, 0.05) is 0 Å². The number of rotatable bonds is 1. The normalized spacial score (nSPS) is 14.0. The minimum atomic E-state index is 1.14. The molecule has 0 saturated carbocycles. The van der Waals surface area contributed by atoms with E-state index < -0.39 is 0 Å². The summed E-state index contributed by atoms with van der Waals surface area (Å²) >= 11 is 0. The Morgan fingerprint density at radius 2 is 1.78 bits per heavy atom. The first-order valence-electron chi connectivity index (χ1n) is 2.85. The van der Waals surface area contributed by atoms with Gasteiger partial charge in [0.1, 0.15) is 6.34 Å². The molecular formula is C7H6N2. The summed E-state index contributed by atoms with van der Waals surface area (Å²) in [6.45, 7) is 0. The molecule has 1 aromatic carbocycles. The van der Waals surface area contributed by atoms with Crippen molar-refractivity contribution in [3.8, 4) is 0 Å². The van der Waals surface area contributed by atoms with Crippen molar-refractivity contribution in [3.05, 3.63) is 30.3 Å². The summed E-state index contributed by atoms with van der Waals surface area (Å²) in [5, 5.41) is 5.71. The third-order valence-corrected chi connectivity index (χ3v) is 1.25. The van der Waals surface area contributed by atoms with Crippen molar-refractivity contribution in [1.29, 1.82) is 0 Å². The third-order valence-electron chi connectivity index (χ3n) is 1.25. The fraction of sp³-hybridized carbons (Fsp3) is 0. The molecule has 0 N–H and O–H groups in total. The van der Waals surface area contributed by atoms with Gasteiger partial charge >= 0.3 is 0 Å². The fourth-order valence-corrected chi connectivity index (χ4v) is 0.740. The lowest BCUT2D eigenvalue weighted by atomic mass is 10.3. The van der Waals surface area contributed by atoms with Crippen LogP contribution in [0.5, 0.6) is 0 Å². The van der Waals surface area contributed by atoms with Gasteiger partial charge in [0.2, 0.25) is 0 Å². The zero-order chi connectivity index (χ0) is 6.10. The second kappa shape index (κ2) is 1.58. The summed E-state index contributed by atoms with van der Waals surface area (Å²) in [5.74, 6) is 0. The van der Waals surface area contributed by atoms with Crippen LogP contribution < -0.4 is 5.01 Å². The Labute approximate surface area is 53.4 Å². The maximum Gasteiger partial charge on any atom is 0.138 e. The Bertz CT molecular complexity index is 222. The van der Waals surface area contributed by atoms with E-state index in [1.807, 2.05) is 35.3 Å². The molecule has 9 heavy (non-hydrogen) atoms. The highest BCUT2D eigenvalue weighted by molar-refractivity contribution is 5.89. The van der Waals surface area contributed by atoms with Gasteiger partial charge in [0.05, 0.1) is 5.69 Å². The highest BCUT2D eigenvalue weighted by atomic mass is 15.6. The number of hydrogen-bond donors (Lipinski definition) is 0. The number of anilines is 1. The smallest absolute Gasteiger partial charge is 0.138 e. The molecule has 0 aliphatic carbocycles. The van der Waals surface area contributed by atoms with Crippen molar-refractivity contribution in [2.45, 2.75) is 0 Å². The summed E-state index contributed by atoms with van der Waals surface area (Å²) in [5.41, 5.74) is 1.14. The predicted octanol–water partition coefficient (Wildman–Crippen LogP) is 1.45. The molecule has 0 fully saturated rings. The second-order valence-electron chi connectivity index (χ2n) is 1.91. The topological polar surface area (TPSA) is 15.4 Å². The first-order valence-corrected chi connectivity index (χ1v) is 2.85. The molecule has 1 aliphatic rings. The minimum Gasteiger partial charge on any atom is -0.219 e. The van der Waals surface area contributed by atoms with Crippen molar-refractivity contribution >= 4 is 12.0 Å². The summed E-state index contributed by atoms with van der Waals surface area (Å²) in [4.78, 5) is 0. The summed E-state index contributed by atoms with van der Waals surface area (Å²) in [7, 11) is 0. The Kier molecular flexibility index (Phi) is 0.803. The van der Waals surface area contributed by atoms with Gasteiger partial charge in [-0.2, -0.15) is 5.10 Å². The van der Waals surface area contributed by atoms with Gasteiger partial charge in [0.25, 0.3) is 0 Å². The third kappa shape index (κ3) is 0.785. The van der Waals surface area contributed by atoms with Crippen LogP contribution in [0.3, 0.4) is 0 Å². The summed E-state index contributed by atoms with van der Waals surface area (Å²) in [6.07, 6.45) is 1.79. The zero-order valence-corrected chi connectivity index (χ0v) is 4.86. The van der Waals surface area contributed by atoms with Crippen LogP contribution in [-0.2, 0) is 0 Å². The van der Waals surface area contributed by atoms with E-state index in [4.69, 9.17) is 0 Å². The van der Waals surface area contributed by atoms with E-state index in [0.29, 0.717) is 0 Å². The molecule has 0 saturated heterocycles. The molecule has 0 atom stereocenters. The molecule has 2 heteroatoms. The highest BCUT2D eigenvalue weighted by Crippen LogP contribution is 2.16. The van der Waals surface area contributed by atoms with Crippen LogP contribution in [0.15, 0.2) is 35.4 Å². The largest absolute Gasteiger partial charge is 0.219 e. The van der Waals surface area contributed by atoms with Crippen LogP contribution in [0.2, 0.25) is 0 Å². The minimum absolute atomic E-state index is 1.14. The lowest BCUT2D eigenvalue weighted by Crippen LogP contribution is -1.90. The van der Waals surface area contributed by atoms with Crippen LogP contribution >= 0.6 is 0 Å². The highest BCUT2D eigenvalue weighted by Gasteiger charge is 2.08. The Morgan fingerprint density at radius 1 is 1.11 bits per heavy atom. The molecule has 0 bridgehead atoms. The van der Waals surface area contributed by atoms with Crippen LogP contribution in [0.25, 0.3) is 0 Å². The van der Waals surface area contributed by atoms with Gasteiger partial charge in [-0.05, 0) is 12.1 Å². The number of para-hydroxylation sites is 1. The van der Waals surface area contributed by atoms with Crippen LogP contribution in [0.1, 0.15) is 0 Å². The van der Waals surface area contributed by atoms with Crippen LogP contribution in [-0.4, -0.2) is 6.34 Å². The number of hydrazone groups is 1. The zero-order valence-electron chi connectivity index (χ0n) is 4.86. The van der Waals surface area contributed by atoms with Crippen molar-refractivity contribution in [1.82, 2.24) is 0 Å². The van der Waals surface area contributed by atoms with Crippen LogP contribution in [0, 0.1) is 0 Å². The molecule has 0 aromatic heterocycles. The van der Waals surface area contributed by atoms with Crippen molar-refractivity contribution in [3.63, 3.8) is 0 Å². The molecule has 0 spiro atoms. The number of hydrogen-bond acceptors (Lipinski definition) is 2. The predicted molar refractivity (Wildman–Crippen MR) is 37.4 cm³/mol. The Morgan fingerprint density at radius 3 is 2.33 bits per heavy atom. The van der Waals surface area contributed by atoms with E-state index in [9.17, 15) is 0 Å². The second-order valence-corrected chi connectivity index (χ2v) is 1.91.